The minimum atomic E-state index is -0.626. The molecule has 0 bridgehead atoms. The fourth-order valence-corrected chi connectivity index (χ4v) is 4.97. The Labute approximate surface area is 195 Å². The number of allylic oxidation sites excluding steroid dienone is 1. The van der Waals surface area contributed by atoms with Gasteiger partial charge < -0.3 is 28.8 Å². The summed E-state index contributed by atoms with van der Waals surface area (Å²) in [4.78, 5) is 0. The maximum atomic E-state index is 9.52. The van der Waals surface area contributed by atoms with Crippen molar-refractivity contribution in [2.75, 3.05) is 19.8 Å². The molecule has 0 unspecified atom stereocenters. The van der Waals surface area contributed by atoms with Crippen LogP contribution < -0.4 is 0 Å². The quantitative estimate of drug-likeness (QED) is 0.207. The fraction of sp³-hybridized carbons (Fsp3) is 0.923. The first-order valence-corrected chi connectivity index (χ1v) is 12.9. The van der Waals surface area contributed by atoms with Gasteiger partial charge >= 0.3 is 0 Å². The number of hydrogen-bond acceptors (Lipinski definition) is 6. The van der Waals surface area contributed by atoms with Crippen LogP contribution in [0.5, 0.6) is 0 Å². The average Bonchev–Trinajstić information content (AvgIpc) is 3.07. The molecule has 0 amide bonds. The van der Waals surface area contributed by atoms with Crippen LogP contribution in [0.3, 0.4) is 0 Å². The molecular formula is C26H46O6. The highest BCUT2D eigenvalue weighted by atomic mass is 16.8. The van der Waals surface area contributed by atoms with Crippen molar-refractivity contribution in [3.63, 3.8) is 0 Å². The molecule has 3 aliphatic heterocycles. The lowest BCUT2D eigenvalue weighted by Crippen LogP contribution is -2.32. The third-order valence-electron chi connectivity index (χ3n) is 6.95. The average molecular weight is 455 g/mol. The molecular weight excluding hydrogens is 408 g/mol. The maximum absolute atomic E-state index is 9.52. The van der Waals surface area contributed by atoms with E-state index in [0.717, 1.165) is 45.3 Å². The van der Waals surface area contributed by atoms with Gasteiger partial charge in [-0.15, -0.1) is 0 Å². The van der Waals surface area contributed by atoms with Gasteiger partial charge in [-0.3, -0.25) is 0 Å². The first-order chi connectivity index (χ1) is 15.3. The van der Waals surface area contributed by atoms with Crippen LogP contribution in [0.15, 0.2) is 12.2 Å². The minimum Gasteiger partial charge on any atom is -0.393 e. The van der Waals surface area contributed by atoms with Gasteiger partial charge in [0, 0.05) is 12.8 Å². The Kier molecular flexibility index (Phi) is 9.60. The lowest BCUT2D eigenvalue weighted by atomic mass is 9.99. The molecule has 1 N–H and O–H groups in total. The van der Waals surface area contributed by atoms with E-state index >= 15 is 0 Å². The third kappa shape index (κ3) is 7.25. The molecule has 3 heterocycles. The van der Waals surface area contributed by atoms with Crippen molar-refractivity contribution in [3.8, 4) is 0 Å². The summed E-state index contributed by atoms with van der Waals surface area (Å²) in [5.74, 6) is -0.928. The third-order valence-corrected chi connectivity index (χ3v) is 6.95. The Bertz CT molecular complexity index is 585. The Morgan fingerprint density at radius 2 is 1.50 bits per heavy atom. The number of aliphatic hydroxyl groups is 1. The van der Waals surface area contributed by atoms with Crippen molar-refractivity contribution in [2.45, 2.75) is 134 Å². The van der Waals surface area contributed by atoms with Gasteiger partial charge in [0.25, 0.3) is 0 Å². The van der Waals surface area contributed by atoms with E-state index in [1.807, 2.05) is 20.8 Å². The topological polar surface area (TPSA) is 69.7 Å². The lowest BCUT2D eigenvalue weighted by molar-refractivity contribution is -0.168. The molecule has 0 aromatic rings. The molecule has 32 heavy (non-hydrogen) atoms. The van der Waals surface area contributed by atoms with Crippen LogP contribution in [0.2, 0.25) is 0 Å². The van der Waals surface area contributed by atoms with Crippen molar-refractivity contribution in [1.29, 1.82) is 0 Å². The molecule has 0 aliphatic carbocycles. The second-order valence-corrected chi connectivity index (χ2v) is 10.4. The zero-order valence-electron chi connectivity index (χ0n) is 20.8. The number of epoxide rings is 1. The van der Waals surface area contributed by atoms with Crippen LogP contribution in [-0.4, -0.2) is 60.4 Å². The molecule has 3 aliphatic rings. The van der Waals surface area contributed by atoms with Crippen LogP contribution >= 0.6 is 0 Å². The Hall–Kier alpha value is -0.500. The summed E-state index contributed by atoms with van der Waals surface area (Å²) in [7, 11) is 0. The molecule has 6 heteroatoms. The van der Waals surface area contributed by atoms with Gasteiger partial charge in [-0.1, -0.05) is 51.2 Å². The standard InChI is InChI=1S/C26H46O6/c1-5-6-7-13-16-26(28-18-19-29-26)17-14-11-9-8-10-12-15-21-22(31-24(2,3)30-21)23-25(4,20-27)32-23/h12,15,21-23,27H,5-11,13-14,16-20H2,1-4H3/b15-12-/t21-,22+,23-,25-/m0/s1. The first-order valence-electron chi connectivity index (χ1n) is 12.9. The van der Waals surface area contributed by atoms with Gasteiger partial charge in [0.05, 0.1) is 19.8 Å². The summed E-state index contributed by atoms with van der Waals surface area (Å²) in [5.41, 5.74) is -0.499. The van der Waals surface area contributed by atoms with Gasteiger partial charge in [-0.25, -0.2) is 0 Å². The Balaban J connectivity index is 1.31. The van der Waals surface area contributed by atoms with Crippen LogP contribution in [0.4, 0.5) is 0 Å². The van der Waals surface area contributed by atoms with E-state index in [0.29, 0.717) is 0 Å². The van der Waals surface area contributed by atoms with E-state index in [-0.39, 0.29) is 30.7 Å². The summed E-state index contributed by atoms with van der Waals surface area (Å²) >= 11 is 0. The zero-order chi connectivity index (χ0) is 23.1. The van der Waals surface area contributed by atoms with E-state index in [4.69, 9.17) is 23.7 Å². The molecule has 3 fully saturated rings. The van der Waals surface area contributed by atoms with Crippen molar-refractivity contribution in [1.82, 2.24) is 0 Å². The molecule has 3 saturated heterocycles. The van der Waals surface area contributed by atoms with Gasteiger partial charge in [-0.2, -0.15) is 0 Å². The summed E-state index contributed by atoms with van der Waals surface area (Å²) in [5, 5.41) is 9.52. The summed E-state index contributed by atoms with van der Waals surface area (Å²) in [6, 6.07) is 0. The number of rotatable bonds is 15. The first kappa shape index (κ1) is 26.1. The summed E-state index contributed by atoms with van der Waals surface area (Å²) in [6.07, 6.45) is 16.8. The van der Waals surface area contributed by atoms with Gasteiger partial charge in [0.1, 0.15) is 23.9 Å². The van der Waals surface area contributed by atoms with E-state index in [1.54, 1.807) is 0 Å². The zero-order valence-corrected chi connectivity index (χ0v) is 20.8. The highest BCUT2D eigenvalue weighted by Crippen LogP contribution is 2.45. The van der Waals surface area contributed by atoms with E-state index in [2.05, 4.69) is 19.1 Å². The highest BCUT2D eigenvalue weighted by molar-refractivity contribution is 5.11. The number of hydrogen-bond donors (Lipinski definition) is 1. The summed E-state index contributed by atoms with van der Waals surface area (Å²) < 4.78 is 29.9. The summed E-state index contributed by atoms with van der Waals surface area (Å²) in [6.45, 7) is 9.52. The van der Waals surface area contributed by atoms with E-state index in [1.165, 1.54) is 38.5 Å². The van der Waals surface area contributed by atoms with Crippen molar-refractivity contribution in [3.05, 3.63) is 12.2 Å². The monoisotopic (exact) mass is 454 g/mol. The molecule has 0 aromatic heterocycles. The number of aliphatic hydroxyl groups excluding tert-OH is 1. The normalized spacial score (nSPS) is 33.3. The minimum absolute atomic E-state index is 0.00446. The molecule has 0 spiro atoms. The van der Waals surface area contributed by atoms with Gasteiger partial charge in [0.15, 0.2) is 11.6 Å². The molecule has 0 saturated carbocycles. The second-order valence-electron chi connectivity index (χ2n) is 10.4. The molecule has 4 atom stereocenters. The van der Waals surface area contributed by atoms with E-state index < -0.39 is 11.4 Å². The molecule has 3 rings (SSSR count). The Morgan fingerprint density at radius 1 is 0.844 bits per heavy atom. The predicted molar refractivity (Wildman–Crippen MR) is 124 cm³/mol. The SMILES string of the molecule is CCCCCCC1(CCCCCC/C=C\[C@@H]2OC(C)(C)O[C@H]2[C@@H]2O[C@@]2(C)CO)OCCO1. The Morgan fingerprint density at radius 3 is 2.12 bits per heavy atom. The highest BCUT2D eigenvalue weighted by Gasteiger charge is 2.61. The molecule has 0 aromatic carbocycles. The predicted octanol–water partition coefficient (Wildman–Crippen LogP) is 5.27. The number of unbranched alkanes of at least 4 members (excludes halogenated alkanes) is 7. The van der Waals surface area contributed by atoms with Gasteiger partial charge in [-0.05, 0) is 46.5 Å². The molecule has 186 valence electrons. The maximum Gasteiger partial charge on any atom is 0.168 e. The number of ether oxygens (including phenoxy) is 5. The van der Waals surface area contributed by atoms with E-state index in [9.17, 15) is 5.11 Å². The van der Waals surface area contributed by atoms with Crippen molar-refractivity contribution in [2.24, 2.45) is 0 Å². The van der Waals surface area contributed by atoms with Crippen LogP contribution in [-0.2, 0) is 23.7 Å². The van der Waals surface area contributed by atoms with Crippen LogP contribution in [0, 0.1) is 0 Å². The van der Waals surface area contributed by atoms with Crippen LogP contribution in [0.25, 0.3) is 0 Å². The largest absolute Gasteiger partial charge is 0.393 e. The second kappa shape index (κ2) is 11.8. The van der Waals surface area contributed by atoms with Crippen molar-refractivity contribution >= 4 is 0 Å². The fourth-order valence-electron chi connectivity index (χ4n) is 4.97. The van der Waals surface area contributed by atoms with Gasteiger partial charge in [0.2, 0.25) is 0 Å². The lowest BCUT2D eigenvalue weighted by Gasteiger charge is -2.27. The molecule has 0 radical (unpaired) electrons. The van der Waals surface area contributed by atoms with Crippen molar-refractivity contribution < 1.29 is 28.8 Å². The smallest absolute Gasteiger partial charge is 0.168 e. The van der Waals surface area contributed by atoms with Crippen LogP contribution in [0.1, 0.15) is 98.3 Å². The molecule has 6 nitrogen and oxygen atoms in total.